The fourth-order valence-electron chi connectivity index (χ4n) is 2.83. The maximum atomic E-state index is 12.6. The largest absolute Gasteiger partial charge is 0.338 e. The minimum Gasteiger partial charge on any atom is -0.338 e. The Labute approximate surface area is 152 Å². The SMILES string of the molecule is CC(C)C[C@H](N)C(=O)N1CCN(C(=O)c2c(Cl)cccc2Cl)CC1. The molecule has 7 heteroatoms. The molecule has 0 bridgehead atoms. The number of rotatable bonds is 4. The van der Waals surface area contributed by atoms with Crippen LogP contribution in [0.1, 0.15) is 30.6 Å². The van der Waals surface area contributed by atoms with Crippen molar-refractivity contribution in [1.29, 1.82) is 0 Å². The highest BCUT2D eigenvalue weighted by atomic mass is 35.5. The summed E-state index contributed by atoms with van der Waals surface area (Å²) >= 11 is 12.2. The number of benzene rings is 1. The summed E-state index contributed by atoms with van der Waals surface area (Å²) in [5.74, 6) is 0.116. The molecule has 0 aliphatic carbocycles. The van der Waals surface area contributed by atoms with Gasteiger partial charge in [0, 0.05) is 26.2 Å². The number of amides is 2. The fourth-order valence-corrected chi connectivity index (χ4v) is 3.39. The van der Waals surface area contributed by atoms with Gasteiger partial charge < -0.3 is 15.5 Å². The van der Waals surface area contributed by atoms with E-state index < -0.39 is 6.04 Å². The van der Waals surface area contributed by atoms with Gasteiger partial charge in [-0.2, -0.15) is 0 Å². The first-order chi connectivity index (χ1) is 11.3. The van der Waals surface area contributed by atoms with Gasteiger partial charge in [-0.15, -0.1) is 0 Å². The standard InChI is InChI=1S/C17H23Cl2N3O2/c1-11(2)10-14(20)16(23)21-6-8-22(9-7-21)17(24)15-12(18)4-3-5-13(15)19/h3-5,11,14H,6-10,20H2,1-2H3/t14-/m0/s1. The van der Waals surface area contributed by atoms with E-state index in [1.807, 2.05) is 13.8 Å². The molecule has 1 heterocycles. The van der Waals surface area contributed by atoms with Crippen molar-refractivity contribution in [3.8, 4) is 0 Å². The van der Waals surface area contributed by atoms with Crippen molar-refractivity contribution in [3.05, 3.63) is 33.8 Å². The average molecular weight is 372 g/mol. The summed E-state index contributed by atoms with van der Waals surface area (Å²) in [5, 5.41) is 0.676. The van der Waals surface area contributed by atoms with Crippen LogP contribution in [0.25, 0.3) is 0 Å². The second-order valence-corrected chi connectivity index (χ2v) is 7.26. The summed E-state index contributed by atoms with van der Waals surface area (Å²) in [6.07, 6.45) is 0.660. The number of hydrogen-bond acceptors (Lipinski definition) is 3. The van der Waals surface area contributed by atoms with Gasteiger partial charge in [-0.1, -0.05) is 43.1 Å². The third kappa shape index (κ3) is 4.41. The average Bonchev–Trinajstić information content (AvgIpc) is 2.53. The predicted octanol–water partition coefficient (Wildman–Crippen LogP) is 2.65. The van der Waals surface area contributed by atoms with E-state index in [2.05, 4.69) is 0 Å². The lowest BCUT2D eigenvalue weighted by molar-refractivity contribution is -0.134. The van der Waals surface area contributed by atoms with Crippen LogP contribution in [0.5, 0.6) is 0 Å². The molecule has 24 heavy (non-hydrogen) atoms. The minimum absolute atomic E-state index is 0.0495. The molecule has 5 nitrogen and oxygen atoms in total. The maximum Gasteiger partial charge on any atom is 0.257 e. The van der Waals surface area contributed by atoms with E-state index in [0.29, 0.717) is 54.1 Å². The Hall–Kier alpha value is -1.30. The third-order valence-corrected chi connectivity index (χ3v) is 4.73. The maximum absolute atomic E-state index is 12.6. The fraction of sp³-hybridized carbons (Fsp3) is 0.529. The molecule has 0 saturated carbocycles. The predicted molar refractivity (Wildman–Crippen MR) is 96.4 cm³/mol. The molecule has 2 amide bonds. The van der Waals surface area contributed by atoms with Gasteiger partial charge in [0.1, 0.15) is 0 Å². The summed E-state index contributed by atoms with van der Waals surface area (Å²) in [7, 11) is 0. The Kier molecular flexibility index (Phi) is 6.49. The number of nitrogens with two attached hydrogens (primary N) is 1. The molecular formula is C17H23Cl2N3O2. The summed E-state index contributed by atoms with van der Waals surface area (Å²) in [6.45, 7) is 5.91. The van der Waals surface area contributed by atoms with Crippen LogP contribution in [-0.2, 0) is 4.79 Å². The van der Waals surface area contributed by atoms with Crippen LogP contribution >= 0.6 is 23.2 Å². The highest BCUT2D eigenvalue weighted by molar-refractivity contribution is 6.39. The summed E-state index contributed by atoms with van der Waals surface area (Å²) in [6, 6.07) is 4.51. The highest BCUT2D eigenvalue weighted by Gasteiger charge is 2.29. The number of carbonyl (C=O) groups is 2. The van der Waals surface area contributed by atoms with Crippen molar-refractivity contribution < 1.29 is 9.59 Å². The second kappa shape index (κ2) is 8.19. The second-order valence-electron chi connectivity index (χ2n) is 6.45. The van der Waals surface area contributed by atoms with Crippen molar-refractivity contribution >= 4 is 35.0 Å². The Bertz CT molecular complexity index is 594. The van der Waals surface area contributed by atoms with E-state index in [-0.39, 0.29) is 11.8 Å². The molecule has 1 aliphatic rings. The molecular weight excluding hydrogens is 349 g/mol. The molecule has 0 radical (unpaired) electrons. The first kappa shape index (κ1) is 19.0. The van der Waals surface area contributed by atoms with Crippen LogP contribution in [0.3, 0.4) is 0 Å². The van der Waals surface area contributed by atoms with E-state index in [1.54, 1.807) is 28.0 Å². The Morgan fingerprint density at radius 1 is 1.08 bits per heavy atom. The summed E-state index contributed by atoms with van der Waals surface area (Å²) < 4.78 is 0. The number of halogens is 2. The van der Waals surface area contributed by atoms with Crippen LogP contribution < -0.4 is 5.73 Å². The van der Waals surface area contributed by atoms with Gasteiger partial charge >= 0.3 is 0 Å². The molecule has 2 N–H and O–H groups in total. The number of carbonyl (C=O) groups excluding carboxylic acids is 2. The van der Waals surface area contributed by atoms with E-state index in [9.17, 15) is 9.59 Å². The Balaban J connectivity index is 1.97. The first-order valence-electron chi connectivity index (χ1n) is 8.09. The van der Waals surface area contributed by atoms with Crippen LogP contribution in [0.15, 0.2) is 18.2 Å². The number of nitrogens with zero attached hydrogens (tertiary/aromatic N) is 2. The Morgan fingerprint density at radius 3 is 2.08 bits per heavy atom. The van der Waals surface area contributed by atoms with E-state index >= 15 is 0 Å². The molecule has 1 saturated heterocycles. The van der Waals surface area contributed by atoms with Gasteiger partial charge in [-0.25, -0.2) is 0 Å². The van der Waals surface area contributed by atoms with Crippen molar-refractivity contribution in [2.24, 2.45) is 11.7 Å². The monoisotopic (exact) mass is 371 g/mol. The van der Waals surface area contributed by atoms with Gasteiger partial charge in [-0.3, -0.25) is 9.59 Å². The molecule has 1 fully saturated rings. The molecule has 0 aromatic heterocycles. The molecule has 132 valence electrons. The lowest BCUT2D eigenvalue weighted by Gasteiger charge is -2.36. The molecule has 2 rings (SSSR count). The molecule has 1 aliphatic heterocycles. The smallest absolute Gasteiger partial charge is 0.257 e. The normalized spacial score (nSPS) is 16.4. The van der Waals surface area contributed by atoms with Gasteiger partial charge in [-0.05, 0) is 24.5 Å². The zero-order chi connectivity index (χ0) is 17.9. The van der Waals surface area contributed by atoms with E-state index in [4.69, 9.17) is 28.9 Å². The zero-order valence-electron chi connectivity index (χ0n) is 14.0. The lowest BCUT2D eigenvalue weighted by atomic mass is 10.0. The van der Waals surface area contributed by atoms with E-state index in [1.165, 1.54) is 0 Å². The van der Waals surface area contributed by atoms with Crippen LogP contribution in [0.2, 0.25) is 10.0 Å². The summed E-state index contributed by atoms with van der Waals surface area (Å²) in [4.78, 5) is 28.4. The third-order valence-electron chi connectivity index (χ3n) is 4.10. The van der Waals surface area contributed by atoms with Crippen molar-refractivity contribution in [1.82, 2.24) is 9.80 Å². The molecule has 1 atom stereocenters. The van der Waals surface area contributed by atoms with Crippen LogP contribution in [-0.4, -0.2) is 53.8 Å². The van der Waals surface area contributed by atoms with E-state index in [0.717, 1.165) is 0 Å². The molecule has 0 unspecified atom stereocenters. The topological polar surface area (TPSA) is 66.6 Å². The minimum atomic E-state index is -0.481. The number of piperazine rings is 1. The first-order valence-corrected chi connectivity index (χ1v) is 8.84. The number of hydrogen-bond donors (Lipinski definition) is 1. The highest BCUT2D eigenvalue weighted by Crippen LogP contribution is 2.26. The zero-order valence-corrected chi connectivity index (χ0v) is 15.5. The quantitative estimate of drug-likeness (QED) is 0.884. The van der Waals surface area contributed by atoms with Gasteiger partial charge in [0.2, 0.25) is 5.91 Å². The molecule has 0 spiro atoms. The van der Waals surface area contributed by atoms with Crippen molar-refractivity contribution in [2.45, 2.75) is 26.3 Å². The Morgan fingerprint density at radius 2 is 1.58 bits per heavy atom. The van der Waals surface area contributed by atoms with Crippen LogP contribution in [0.4, 0.5) is 0 Å². The van der Waals surface area contributed by atoms with Gasteiger partial charge in [0.05, 0.1) is 21.7 Å². The van der Waals surface area contributed by atoms with Gasteiger partial charge in [0.15, 0.2) is 0 Å². The van der Waals surface area contributed by atoms with Crippen molar-refractivity contribution in [3.63, 3.8) is 0 Å². The lowest BCUT2D eigenvalue weighted by Crippen LogP contribution is -2.54. The summed E-state index contributed by atoms with van der Waals surface area (Å²) in [5.41, 5.74) is 6.28. The van der Waals surface area contributed by atoms with Crippen molar-refractivity contribution in [2.75, 3.05) is 26.2 Å². The molecule has 1 aromatic carbocycles. The van der Waals surface area contributed by atoms with Gasteiger partial charge in [0.25, 0.3) is 5.91 Å². The van der Waals surface area contributed by atoms with Crippen LogP contribution in [0, 0.1) is 5.92 Å². The molecule has 1 aromatic rings.